The number of hydrogen-bond acceptors (Lipinski definition) is 3. The van der Waals surface area contributed by atoms with Crippen LogP contribution in [0.5, 0.6) is 0 Å². The van der Waals surface area contributed by atoms with E-state index in [9.17, 15) is 17.6 Å². The summed E-state index contributed by atoms with van der Waals surface area (Å²) in [6, 6.07) is 1.90. The summed E-state index contributed by atoms with van der Waals surface area (Å²) in [7, 11) is -4.22. The fraction of sp³-hybridized carbons (Fsp3) is 0.417. The van der Waals surface area contributed by atoms with Gasteiger partial charge in [-0.1, -0.05) is 13.8 Å². The summed E-state index contributed by atoms with van der Waals surface area (Å²) in [5.41, 5.74) is 0.0726. The van der Waals surface area contributed by atoms with Gasteiger partial charge in [0.2, 0.25) is 10.0 Å². The lowest BCUT2D eigenvalue weighted by molar-refractivity contribution is 0.0945. The molecule has 1 aromatic rings. The topological polar surface area (TPSA) is 89.3 Å². The van der Waals surface area contributed by atoms with Gasteiger partial charge in [-0.05, 0) is 39.9 Å². The van der Waals surface area contributed by atoms with E-state index in [-0.39, 0.29) is 21.5 Å². The average molecular weight is 365 g/mol. The monoisotopic (exact) mass is 364 g/mol. The molecule has 110 valence electrons. The molecule has 8 heteroatoms. The molecule has 3 N–H and O–H groups in total. The molecule has 0 heterocycles. The maximum Gasteiger partial charge on any atom is 0.252 e. The summed E-state index contributed by atoms with van der Waals surface area (Å²) in [5, 5.41) is 7.69. The zero-order valence-electron chi connectivity index (χ0n) is 10.9. The van der Waals surface area contributed by atoms with Crippen molar-refractivity contribution in [2.45, 2.75) is 31.2 Å². The molecule has 0 spiro atoms. The molecule has 1 aliphatic carbocycles. The Morgan fingerprint density at radius 3 is 2.50 bits per heavy atom. The highest BCUT2D eigenvalue weighted by atomic mass is 79.9. The van der Waals surface area contributed by atoms with Gasteiger partial charge in [-0.2, -0.15) is 0 Å². The molecule has 0 radical (unpaired) electrons. The highest BCUT2D eigenvalue weighted by Crippen LogP contribution is 2.44. The largest absolute Gasteiger partial charge is 0.349 e. The first-order chi connectivity index (χ1) is 9.02. The van der Waals surface area contributed by atoms with Gasteiger partial charge < -0.3 is 5.32 Å². The Hall–Kier alpha value is -0.990. The van der Waals surface area contributed by atoms with E-state index < -0.39 is 26.6 Å². The van der Waals surface area contributed by atoms with Crippen molar-refractivity contribution >= 4 is 31.9 Å². The Kier molecular flexibility index (Phi) is 3.68. The summed E-state index contributed by atoms with van der Waals surface area (Å²) in [4.78, 5) is 11.4. The number of benzene rings is 1. The molecule has 20 heavy (non-hydrogen) atoms. The molecule has 2 rings (SSSR count). The Labute approximate surface area is 124 Å². The van der Waals surface area contributed by atoms with Crippen LogP contribution < -0.4 is 10.5 Å². The van der Waals surface area contributed by atoms with Gasteiger partial charge in [0.25, 0.3) is 5.91 Å². The van der Waals surface area contributed by atoms with E-state index in [0.717, 1.165) is 18.6 Å². The summed E-state index contributed by atoms with van der Waals surface area (Å²) in [5.74, 6) is -1.46. The number of carbonyl (C=O) groups is 1. The second kappa shape index (κ2) is 4.78. The van der Waals surface area contributed by atoms with Crippen LogP contribution in [0.1, 0.15) is 30.6 Å². The Bertz CT molecular complexity index is 688. The Morgan fingerprint density at radius 2 is 2.05 bits per heavy atom. The number of rotatable bonds is 3. The second-order valence-electron chi connectivity index (χ2n) is 5.53. The van der Waals surface area contributed by atoms with Crippen molar-refractivity contribution in [3.05, 3.63) is 28.0 Å². The van der Waals surface area contributed by atoms with E-state index in [1.54, 1.807) is 0 Å². The molecule has 1 aliphatic rings. The lowest BCUT2D eigenvalue weighted by atomic mass is 10.1. The first kappa shape index (κ1) is 15.4. The van der Waals surface area contributed by atoms with Crippen molar-refractivity contribution in [1.29, 1.82) is 0 Å². The van der Waals surface area contributed by atoms with E-state index in [2.05, 4.69) is 21.2 Å². The molecule has 1 saturated carbocycles. The Balaban J connectivity index is 2.34. The van der Waals surface area contributed by atoms with E-state index in [4.69, 9.17) is 5.14 Å². The predicted molar refractivity (Wildman–Crippen MR) is 75.1 cm³/mol. The summed E-state index contributed by atoms with van der Waals surface area (Å²) >= 11 is 3.05. The molecule has 1 aromatic carbocycles. The average Bonchev–Trinajstić information content (AvgIpc) is 2.83. The molecular weight excluding hydrogens is 351 g/mol. The zero-order chi connectivity index (χ0) is 15.3. The predicted octanol–water partition coefficient (Wildman–Crippen LogP) is 1.76. The molecule has 1 atom stereocenters. The number of nitrogens with one attached hydrogen (secondary N) is 1. The van der Waals surface area contributed by atoms with Gasteiger partial charge in [-0.15, -0.1) is 0 Å². The number of sulfonamides is 1. The molecule has 5 nitrogen and oxygen atoms in total. The maximum absolute atomic E-state index is 13.6. The molecule has 1 amide bonds. The van der Waals surface area contributed by atoms with E-state index in [0.29, 0.717) is 0 Å². The molecule has 1 fully saturated rings. The third-order valence-corrected chi connectivity index (χ3v) is 4.97. The molecular formula is C12H14BrFN2O3S. The molecule has 0 bridgehead atoms. The van der Waals surface area contributed by atoms with Crippen LogP contribution in [0.15, 0.2) is 21.5 Å². The number of carbonyl (C=O) groups excluding carboxylic acids is 1. The van der Waals surface area contributed by atoms with Crippen molar-refractivity contribution < 1.29 is 17.6 Å². The standard InChI is InChI=1S/C12H14BrFN2O3S/c1-12(2)5-10(12)16-11(17)6-3-9(20(15,18)19)8(14)4-7(6)13/h3-4,10H,5H2,1-2H3,(H,16,17)(H2,15,18,19). The first-order valence-corrected chi connectivity index (χ1v) is 8.19. The summed E-state index contributed by atoms with van der Waals surface area (Å²) in [6.07, 6.45) is 0.847. The minimum absolute atomic E-state index is 0.0323. The molecule has 0 aliphatic heterocycles. The highest BCUT2D eigenvalue weighted by Gasteiger charge is 2.46. The quantitative estimate of drug-likeness (QED) is 0.856. The van der Waals surface area contributed by atoms with Gasteiger partial charge in [-0.3, -0.25) is 4.79 Å². The third-order valence-electron chi connectivity index (χ3n) is 3.39. The van der Waals surface area contributed by atoms with Gasteiger partial charge in [-0.25, -0.2) is 17.9 Å². The van der Waals surface area contributed by atoms with Crippen molar-refractivity contribution in [3.63, 3.8) is 0 Å². The van der Waals surface area contributed by atoms with Crippen LogP contribution in [0.3, 0.4) is 0 Å². The van der Waals surface area contributed by atoms with Crippen LogP contribution >= 0.6 is 15.9 Å². The highest BCUT2D eigenvalue weighted by molar-refractivity contribution is 9.10. The molecule has 0 aromatic heterocycles. The van der Waals surface area contributed by atoms with E-state index in [1.807, 2.05) is 13.8 Å². The van der Waals surface area contributed by atoms with Crippen LogP contribution in [-0.2, 0) is 10.0 Å². The SMILES string of the molecule is CC1(C)CC1NC(=O)c1cc(S(N)(=O)=O)c(F)cc1Br. The number of halogens is 2. The van der Waals surface area contributed by atoms with Crippen molar-refractivity contribution in [2.24, 2.45) is 10.6 Å². The van der Waals surface area contributed by atoms with Crippen molar-refractivity contribution in [2.75, 3.05) is 0 Å². The first-order valence-electron chi connectivity index (χ1n) is 5.85. The van der Waals surface area contributed by atoms with Crippen LogP contribution in [0.25, 0.3) is 0 Å². The number of amides is 1. The lowest BCUT2D eigenvalue weighted by Gasteiger charge is -2.10. The molecule has 1 unspecified atom stereocenters. The van der Waals surface area contributed by atoms with Gasteiger partial charge in [0.05, 0.1) is 5.56 Å². The van der Waals surface area contributed by atoms with Crippen LogP contribution in [0.4, 0.5) is 4.39 Å². The van der Waals surface area contributed by atoms with Crippen LogP contribution in [-0.4, -0.2) is 20.4 Å². The van der Waals surface area contributed by atoms with Crippen molar-refractivity contribution in [3.8, 4) is 0 Å². The van der Waals surface area contributed by atoms with Gasteiger partial charge >= 0.3 is 0 Å². The second-order valence-corrected chi connectivity index (χ2v) is 7.91. The normalized spacial score (nSPS) is 20.6. The number of hydrogen-bond donors (Lipinski definition) is 2. The minimum atomic E-state index is -4.22. The fourth-order valence-corrected chi connectivity index (χ4v) is 2.98. The van der Waals surface area contributed by atoms with E-state index >= 15 is 0 Å². The van der Waals surface area contributed by atoms with Gasteiger partial charge in [0.15, 0.2) is 0 Å². The third kappa shape index (κ3) is 3.02. The van der Waals surface area contributed by atoms with E-state index in [1.165, 1.54) is 0 Å². The fourth-order valence-electron chi connectivity index (χ4n) is 1.87. The summed E-state index contributed by atoms with van der Waals surface area (Å²) in [6.45, 7) is 4.01. The smallest absolute Gasteiger partial charge is 0.252 e. The number of primary sulfonamides is 1. The number of nitrogens with two attached hydrogens (primary N) is 1. The zero-order valence-corrected chi connectivity index (χ0v) is 13.3. The molecule has 0 saturated heterocycles. The lowest BCUT2D eigenvalue weighted by Crippen LogP contribution is -2.29. The van der Waals surface area contributed by atoms with Crippen LogP contribution in [0.2, 0.25) is 0 Å². The van der Waals surface area contributed by atoms with Gasteiger partial charge in [0.1, 0.15) is 10.7 Å². The summed E-state index contributed by atoms with van der Waals surface area (Å²) < 4.78 is 36.3. The maximum atomic E-state index is 13.6. The van der Waals surface area contributed by atoms with Gasteiger partial charge in [0, 0.05) is 10.5 Å². The van der Waals surface area contributed by atoms with Crippen molar-refractivity contribution in [1.82, 2.24) is 5.32 Å². The van der Waals surface area contributed by atoms with Crippen LogP contribution in [0, 0.1) is 11.2 Å². The minimum Gasteiger partial charge on any atom is -0.349 e. The Morgan fingerprint density at radius 1 is 1.50 bits per heavy atom.